The molecule has 0 amide bonds. The van der Waals surface area contributed by atoms with Crippen molar-refractivity contribution < 1.29 is 4.74 Å². The molecule has 0 spiro atoms. The van der Waals surface area contributed by atoms with Crippen LogP contribution in [0.3, 0.4) is 0 Å². The smallest absolute Gasteiger partial charge is 0.121 e. The summed E-state index contributed by atoms with van der Waals surface area (Å²) < 4.78 is 5.84. The van der Waals surface area contributed by atoms with E-state index in [2.05, 4.69) is 25.7 Å². The molecule has 0 radical (unpaired) electrons. The maximum atomic E-state index is 5.84. The van der Waals surface area contributed by atoms with Crippen molar-refractivity contribution in [1.82, 2.24) is 19.8 Å². The van der Waals surface area contributed by atoms with Gasteiger partial charge in [0.1, 0.15) is 12.1 Å². The highest BCUT2D eigenvalue weighted by atomic mass is 16.5. The molecule has 23 heavy (non-hydrogen) atoms. The second-order valence-corrected chi connectivity index (χ2v) is 5.77. The highest BCUT2D eigenvalue weighted by Gasteiger charge is 2.15. The Morgan fingerprint density at radius 3 is 2.83 bits per heavy atom. The van der Waals surface area contributed by atoms with Crippen molar-refractivity contribution >= 4 is 10.9 Å². The maximum absolute atomic E-state index is 5.84. The number of hydrogen-bond acceptors (Lipinski definition) is 5. The number of terminal acetylenes is 1. The molecule has 2 heterocycles. The van der Waals surface area contributed by atoms with E-state index >= 15 is 0 Å². The molecule has 1 aromatic carbocycles. The molecular weight excluding hydrogens is 288 g/mol. The van der Waals surface area contributed by atoms with E-state index in [1.165, 1.54) is 0 Å². The van der Waals surface area contributed by atoms with Gasteiger partial charge in [0.2, 0.25) is 0 Å². The van der Waals surface area contributed by atoms with Crippen LogP contribution in [0.4, 0.5) is 0 Å². The second-order valence-electron chi connectivity index (χ2n) is 5.77. The fourth-order valence-corrected chi connectivity index (χ4v) is 2.82. The Morgan fingerprint density at radius 1 is 1.17 bits per heavy atom. The normalized spacial score (nSPS) is 16.3. The zero-order valence-electron chi connectivity index (χ0n) is 13.3. The average Bonchev–Trinajstić information content (AvgIpc) is 2.60. The van der Waals surface area contributed by atoms with Gasteiger partial charge in [-0.1, -0.05) is 5.92 Å². The van der Waals surface area contributed by atoms with E-state index in [-0.39, 0.29) is 0 Å². The van der Waals surface area contributed by atoms with Crippen LogP contribution in [0.15, 0.2) is 30.7 Å². The Kier molecular flexibility index (Phi) is 5.41. The summed E-state index contributed by atoms with van der Waals surface area (Å²) in [6.07, 6.45) is 9.75. The molecule has 5 nitrogen and oxygen atoms in total. The van der Waals surface area contributed by atoms with E-state index in [4.69, 9.17) is 11.2 Å². The van der Waals surface area contributed by atoms with Crippen LogP contribution >= 0.6 is 0 Å². The number of hydrogen-bond donors (Lipinski definition) is 0. The van der Waals surface area contributed by atoms with Gasteiger partial charge in [0.25, 0.3) is 0 Å². The summed E-state index contributed by atoms with van der Waals surface area (Å²) in [7, 11) is 0. The Morgan fingerprint density at radius 2 is 2.00 bits per heavy atom. The number of rotatable bonds is 6. The molecule has 1 aliphatic rings. The fourth-order valence-electron chi connectivity index (χ4n) is 2.82. The van der Waals surface area contributed by atoms with Crippen LogP contribution in [-0.2, 0) is 0 Å². The van der Waals surface area contributed by atoms with Gasteiger partial charge in [-0.05, 0) is 18.6 Å². The van der Waals surface area contributed by atoms with Crippen molar-refractivity contribution in [2.75, 3.05) is 45.9 Å². The number of fused-ring (bicyclic) bond motifs is 1. The highest BCUT2D eigenvalue weighted by Crippen LogP contribution is 2.18. The van der Waals surface area contributed by atoms with Crippen molar-refractivity contribution in [3.8, 4) is 18.1 Å². The Balaban J connectivity index is 1.39. The number of piperazine rings is 1. The summed E-state index contributed by atoms with van der Waals surface area (Å²) in [5, 5.41) is 1.03. The van der Waals surface area contributed by atoms with E-state index in [0.29, 0.717) is 0 Å². The summed E-state index contributed by atoms with van der Waals surface area (Å²) in [5.41, 5.74) is 0.919. The first-order valence-corrected chi connectivity index (χ1v) is 8.06. The molecule has 0 aliphatic carbocycles. The van der Waals surface area contributed by atoms with E-state index in [0.717, 1.165) is 68.9 Å². The first kappa shape index (κ1) is 15.7. The predicted octanol–water partition coefficient (Wildman–Crippen LogP) is 1.65. The van der Waals surface area contributed by atoms with E-state index in [1.807, 2.05) is 24.4 Å². The lowest BCUT2D eigenvalue weighted by atomic mass is 10.2. The van der Waals surface area contributed by atoms with Crippen LogP contribution in [0.1, 0.15) is 6.42 Å². The van der Waals surface area contributed by atoms with Crippen molar-refractivity contribution in [3.05, 3.63) is 30.7 Å². The molecule has 1 fully saturated rings. The molecule has 1 aromatic heterocycles. The second kappa shape index (κ2) is 7.91. The minimum absolute atomic E-state index is 0.723. The van der Waals surface area contributed by atoms with Gasteiger partial charge in [-0.25, -0.2) is 9.97 Å². The van der Waals surface area contributed by atoms with Gasteiger partial charge in [-0.2, -0.15) is 0 Å². The zero-order chi connectivity index (χ0) is 15.9. The third-order valence-electron chi connectivity index (χ3n) is 4.15. The molecule has 2 aromatic rings. The SMILES string of the molecule is C#CCN1CCN(CCCOc2ccc3cncnc3c2)CC1. The zero-order valence-corrected chi connectivity index (χ0v) is 13.3. The Hall–Kier alpha value is -2.16. The molecule has 0 N–H and O–H groups in total. The molecule has 5 heteroatoms. The topological polar surface area (TPSA) is 41.5 Å². The lowest BCUT2D eigenvalue weighted by molar-refractivity contribution is 0.136. The molecule has 0 unspecified atom stereocenters. The van der Waals surface area contributed by atoms with Crippen LogP contribution < -0.4 is 4.74 Å². The number of ether oxygens (including phenoxy) is 1. The quantitative estimate of drug-likeness (QED) is 0.599. The van der Waals surface area contributed by atoms with Crippen molar-refractivity contribution in [1.29, 1.82) is 0 Å². The molecule has 0 atom stereocenters. The van der Waals surface area contributed by atoms with Crippen molar-refractivity contribution in [3.63, 3.8) is 0 Å². The monoisotopic (exact) mass is 310 g/mol. The molecule has 0 bridgehead atoms. The summed E-state index contributed by atoms with van der Waals surface area (Å²) in [6.45, 7) is 6.87. The van der Waals surface area contributed by atoms with Gasteiger partial charge < -0.3 is 9.64 Å². The Bertz CT molecular complexity index is 674. The lowest BCUT2D eigenvalue weighted by Crippen LogP contribution is -2.46. The van der Waals surface area contributed by atoms with Crippen LogP contribution in [0.25, 0.3) is 10.9 Å². The highest BCUT2D eigenvalue weighted by molar-refractivity contribution is 5.78. The van der Waals surface area contributed by atoms with E-state index < -0.39 is 0 Å². The standard InChI is InChI=1S/C18H22N4O/c1-2-6-21-8-10-22(11-9-21)7-3-12-23-17-5-4-16-14-19-15-20-18(16)13-17/h1,4-5,13-15H,3,6-12H2. The first-order chi connectivity index (χ1) is 11.3. The van der Waals surface area contributed by atoms with Crippen LogP contribution in [0, 0.1) is 12.3 Å². The molecular formula is C18H22N4O. The van der Waals surface area contributed by atoms with Crippen LogP contribution in [-0.4, -0.2) is 65.6 Å². The number of nitrogens with zero attached hydrogens (tertiary/aromatic N) is 4. The summed E-state index contributed by atoms with van der Waals surface area (Å²) >= 11 is 0. The minimum Gasteiger partial charge on any atom is -0.493 e. The van der Waals surface area contributed by atoms with Crippen LogP contribution in [0.2, 0.25) is 0 Å². The average molecular weight is 310 g/mol. The molecule has 1 aliphatic heterocycles. The first-order valence-electron chi connectivity index (χ1n) is 8.06. The molecule has 120 valence electrons. The minimum atomic E-state index is 0.723. The van der Waals surface area contributed by atoms with E-state index in [9.17, 15) is 0 Å². The summed E-state index contributed by atoms with van der Waals surface area (Å²) in [5.74, 6) is 3.58. The lowest BCUT2D eigenvalue weighted by Gasteiger charge is -2.33. The van der Waals surface area contributed by atoms with Gasteiger partial charge in [0.05, 0.1) is 18.7 Å². The summed E-state index contributed by atoms with van der Waals surface area (Å²) in [6, 6.07) is 5.94. The third-order valence-corrected chi connectivity index (χ3v) is 4.15. The van der Waals surface area contributed by atoms with Gasteiger partial charge in [-0.3, -0.25) is 4.90 Å². The van der Waals surface area contributed by atoms with Gasteiger partial charge in [0, 0.05) is 50.4 Å². The maximum Gasteiger partial charge on any atom is 0.121 e. The van der Waals surface area contributed by atoms with Gasteiger partial charge in [0.15, 0.2) is 0 Å². The predicted molar refractivity (Wildman–Crippen MR) is 91.4 cm³/mol. The Labute approximate surface area is 137 Å². The third kappa shape index (κ3) is 4.41. The fraction of sp³-hybridized carbons (Fsp3) is 0.444. The van der Waals surface area contributed by atoms with Gasteiger partial charge in [-0.15, -0.1) is 6.42 Å². The van der Waals surface area contributed by atoms with Crippen molar-refractivity contribution in [2.45, 2.75) is 6.42 Å². The molecule has 0 saturated carbocycles. The number of aromatic nitrogens is 2. The molecule has 3 rings (SSSR count). The molecule has 1 saturated heterocycles. The number of benzene rings is 1. The van der Waals surface area contributed by atoms with Crippen LogP contribution in [0.5, 0.6) is 5.75 Å². The summed E-state index contributed by atoms with van der Waals surface area (Å²) in [4.78, 5) is 13.1. The van der Waals surface area contributed by atoms with Gasteiger partial charge >= 0.3 is 0 Å². The largest absolute Gasteiger partial charge is 0.493 e. The van der Waals surface area contributed by atoms with E-state index in [1.54, 1.807) is 6.33 Å². The van der Waals surface area contributed by atoms with Crippen molar-refractivity contribution in [2.24, 2.45) is 0 Å².